The number of hydrogen-bond acceptors (Lipinski definition) is 4. The Balaban J connectivity index is 2.31. The summed E-state index contributed by atoms with van der Waals surface area (Å²) in [5.74, 6) is -0.590. The molecule has 0 aliphatic carbocycles. The lowest BCUT2D eigenvalue weighted by atomic mass is 10.2. The molecule has 0 spiro atoms. The van der Waals surface area contributed by atoms with Crippen molar-refractivity contribution >= 4 is 23.6 Å². The van der Waals surface area contributed by atoms with Crippen molar-refractivity contribution in [2.45, 2.75) is 18.7 Å². The standard InChI is InChI=1S/C14H19NO4S/c1-3-19-11-4-6-12(7-5-11)20-9-13(16)15-8-10(2)14(17)18/h4-7,10H,3,8-9H2,1-2H3,(H,15,16)(H,17,18). The van der Waals surface area contributed by atoms with Gasteiger partial charge in [-0.15, -0.1) is 11.8 Å². The molecule has 1 atom stereocenters. The Kier molecular flexibility index (Phi) is 6.93. The van der Waals surface area contributed by atoms with Gasteiger partial charge in [-0.05, 0) is 31.2 Å². The number of carbonyl (C=O) groups excluding carboxylic acids is 1. The summed E-state index contributed by atoms with van der Waals surface area (Å²) in [6, 6.07) is 7.50. The van der Waals surface area contributed by atoms with Gasteiger partial charge in [0.05, 0.1) is 18.3 Å². The highest BCUT2D eigenvalue weighted by Gasteiger charge is 2.12. The van der Waals surface area contributed by atoms with Gasteiger partial charge in [0, 0.05) is 11.4 Å². The highest BCUT2D eigenvalue weighted by molar-refractivity contribution is 8.00. The second kappa shape index (κ2) is 8.47. The molecule has 1 amide bonds. The third kappa shape index (κ3) is 5.97. The van der Waals surface area contributed by atoms with Crippen LogP contribution in [-0.2, 0) is 9.59 Å². The van der Waals surface area contributed by atoms with Gasteiger partial charge in [-0.25, -0.2) is 0 Å². The third-order valence-corrected chi connectivity index (χ3v) is 3.54. The van der Waals surface area contributed by atoms with Crippen LogP contribution in [0.15, 0.2) is 29.2 Å². The number of carboxylic acid groups (broad SMARTS) is 1. The lowest BCUT2D eigenvalue weighted by Gasteiger charge is -2.08. The number of nitrogens with one attached hydrogen (secondary N) is 1. The molecule has 110 valence electrons. The Hall–Kier alpha value is -1.69. The summed E-state index contributed by atoms with van der Waals surface area (Å²) in [6.07, 6.45) is 0. The van der Waals surface area contributed by atoms with Gasteiger partial charge in [-0.3, -0.25) is 9.59 Å². The average Bonchev–Trinajstić information content (AvgIpc) is 2.44. The summed E-state index contributed by atoms with van der Waals surface area (Å²) in [7, 11) is 0. The second-order valence-electron chi connectivity index (χ2n) is 4.24. The lowest BCUT2D eigenvalue weighted by Crippen LogP contribution is -2.32. The Labute approximate surface area is 122 Å². The molecule has 0 saturated carbocycles. The minimum atomic E-state index is -0.913. The van der Waals surface area contributed by atoms with Crippen LogP contribution < -0.4 is 10.1 Å². The quantitative estimate of drug-likeness (QED) is 0.718. The van der Waals surface area contributed by atoms with E-state index in [-0.39, 0.29) is 18.2 Å². The highest BCUT2D eigenvalue weighted by atomic mass is 32.2. The Morgan fingerprint density at radius 2 is 2.00 bits per heavy atom. The highest BCUT2D eigenvalue weighted by Crippen LogP contribution is 2.21. The van der Waals surface area contributed by atoms with Gasteiger partial charge in [-0.2, -0.15) is 0 Å². The fourth-order valence-electron chi connectivity index (χ4n) is 1.35. The summed E-state index contributed by atoms with van der Waals surface area (Å²) in [6.45, 7) is 4.25. The molecule has 0 heterocycles. The normalized spacial score (nSPS) is 11.7. The van der Waals surface area contributed by atoms with Crippen molar-refractivity contribution in [1.29, 1.82) is 0 Å². The summed E-state index contributed by atoms with van der Waals surface area (Å²) in [4.78, 5) is 23.1. The van der Waals surface area contributed by atoms with Crippen LogP contribution in [0.1, 0.15) is 13.8 Å². The first-order chi connectivity index (χ1) is 9.52. The number of ether oxygens (including phenoxy) is 1. The van der Waals surface area contributed by atoms with Crippen LogP contribution in [0, 0.1) is 5.92 Å². The monoisotopic (exact) mass is 297 g/mol. The van der Waals surface area contributed by atoms with E-state index in [1.165, 1.54) is 11.8 Å². The maximum Gasteiger partial charge on any atom is 0.308 e. The Morgan fingerprint density at radius 3 is 2.55 bits per heavy atom. The van der Waals surface area contributed by atoms with E-state index in [0.717, 1.165) is 10.6 Å². The molecule has 1 rings (SSSR count). The first-order valence-corrected chi connectivity index (χ1v) is 7.36. The van der Waals surface area contributed by atoms with Crippen molar-refractivity contribution in [3.05, 3.63) is 24.3 Å². The molecule has 1 unspecified atom stereocenters. The van der Waals surface area contributed by atoms with E-state index >= 15 is 0 Å². The number of aliphatic carboxylic acids is 1. The van der Waals surface area contributed by atoms with Crippen LogP contribution >= 0.6 is 11.8 Å². The van der Waals surface area contributed by atoms with Gasteiger partial charge in [-0.1, -0.05) is 6.92 Å². The van der Waals surface area contributed by atoms with Crippen LogP contribution in [-0.4, -0.2) is 35.9 Å². The van der Waals surface area contributed by atoms with E-state index in [1.807, 2.05) is 31.2 Å². The zero-order chi connectivity index (χ0) is 15.0. The fourth-order valence-corrected chi connectivity index (χ4v) is 2.08. The zero-order valence-corrected chi connectivity index (χ0v) is 12.4. The number of carbonyl (C=O) groups is 2. The number of amides is 1. The van der Waals surface area contributed by atoms with Crippen LogP contribution in [0.5, 0.6) is 5.75 Å². The molecule has 0 saturated heterocycles. The topological polar surface area (TPSA) is 75.6 Å². The molecule has 6 heteroatoms. The van der Waals surface area contributed by atoms with Crippen LogP contribution in [0.3, 0.4) is 0 Å². The molecule has 0 bridgehead atoms. The largest absolute Gasteiger partial charge is 0.494 e. The maximum atomic E-state index is 11.6. The molecule has 0 aliphatic heterocycles. The van der Waals surface area contributed by atoms with Crippen molar-refractivity contribution in [3.63, 3.8) is 0 Å². The van der Waals surface area contributed by atoms with E-state index in [4.69, 9.17) is 9.84 Å². The van der Waals surface area contributed by atoms with E-state index in [2.05, 4.69) is 5.32 Å². The van der Waals surface area contributed by atoms with Gasteiger partial charge in [0.2, 0.25) is 5.91 Å². The molecule has 5 nitrogen and oxygen atoms in total. The van der Waals surface area contributed by atoms with Crippen molar-refractivity contribution in [2.24, 2.45) is 5.92 Å². The van der Waals surface area contributed by atoms with Gasteiger partial charge < -0.3 is 15.2 Å². The van der Waals surface area contributed by atoms with Crippen molar-refractivity contribution in [2.75, 3.05) is 18.9 Å². The molecule has 20 heavy (non-hydrogen) atoms. The minimum Gasteiger partial charge on any atom is -0.494 e. The zero-order valence-electron chi connectivity index (χ0n) is 11.6. The van der Waals surface area contributed by atoms with Crippen molar-refractivity contribution in [3.8, 4) is 5.75 Å². The number of hydrogen-bond donors (Lipinski definition) is 2. The van der Waals surface area contributed by atoms with E-state index in [1.54, 1.807) is 6.92 Å². The summed E-state index contributed by atoms with van der Waals surface area (Å²) in [5.41, 5.74) is 0. The van der Waals surface area contributed by atoms with Crippen LogP contribution in [0.25, 0.3) is 0 Å². The summed E-state index contributed by atoms with van der Waals surface area (Å²) < 4.78 is 5.33. The number of thioether (sulfide) groups is 1. The first kappa shape index (κ1) is 16.4. The predicted molar refractivity (Wildman–Crippen MR) is 78.1 cm³/mol. The van der Waals surface area contributed by atoms with Gasteiger partial charge in [0.25, 0.3) is 0 Å². The maximum absolute atomic E-state index is 11.6. The number of carboxylic acids is 1. The van der Waals surface area contributed by atoms with Gasteiger partial charge in [0.1, 0.15) is 5.75 Å². The molecule has 0 aromatic heterocycles. The summed E-state index contributed by atoms with van der Waals surface area (Å²) in [5, 5.41) is 11.3. The van der Waals surface area contributed by atoms with Crippen molar-refractivity contribution < 1.29 is 19.4 Å². The van der Waals surface area contributed by atoms with Crippen LogP contribution in [0.4, 0.5) is 0 Å². The minimum absolute atomic E-state index is 0.151. The lowest BCUT2D eigenvalue weighted by molar-refractivity contribution is -0.141. The molecule has 2 N–H and O–H groups in total. The fraction of sp³-hybridized carbons (Fsp3) is 0.429. The first-order valence-electron chi connectivity index (χ1n) is 6.38. The molecular formula is C14H19NO4S. The predicted octanol–water partition coefficient (Wildman–Crippen LogP) is 2.01. The molecule has 0 aliphatic rings. The van der Waals surface area contributed by atoms with Crippen LogP contribution in [0.2, 0.25) is 0 Å². The number of rotatable bonds is 8. The molecule has 1 aromatic carbocycles. The second-order valence-corrected chi connectivity index (χ2v) is 5.29. The Bertz CT molecular complexity index is 447. The molecule has 1 aromatic rings. The van der Waals surface area contributed by atoms with Gasteiger partial charge in [0.15, 0.2) is 0 Å². The molecule has 0 fully saturated rings. The number of benzene rings is 1. The van der Waals surface area contributed by atoms with E-state index in [0.29, 0.717) is 6.61 Å². The summed E-state index contributed by atoms with van der Waals surface area (Å²) >= 11 is 1.40. The Morgan fingerprint density at radius 1 is 1.35 bits per heavy atom. The third-order valence-electron chi connectivity index (χ3n) is 2.53. The van der Waals surface area contributed by atoms with E-state index < -0.39 is 11.9 Å². The smallest absolute Gasteiger partial charge is 0.308 e. The SMILES string of the molecule is CCOc1ccc(SCC(=O)NCC(C)C(=O)O)cc1. The average molecular weight is 297 g/mol. The van der Waals surface area contributed by atoms with E-state index in [9.17, 15) is 9.59 Å². The molecular weight excluding hydrogens is 278 g/mol. The van der Waals surface area contributed by atoms with Crippen molar-refractivity contribution in [1.82, 2.24) is 5.32 Å². The molecule has 0 radical (unpaired) electrons. The van der Waals surface area contributed by atoms with Gasteiger partial charge >= 0.3 is 5.97 Å².